The predicted octanol–water partition coefficient (Wildman–Crippen LogP) is 2.82. The van der Waals surface area contributed by atoms with E-state index in [1.807, 2.05) is 13.0 Å². The van der Waals surface area contributed by atoms with Crippen molar-refractivity contribution < 1.29 is 4.39 Å². The van der Waals surface area contributed by atoms with Gasteiger partial charge in [0, 0.05) is 12.1 Å². The van der Waals surface area contributed by atoms with Gasteiger partial charge < -0.3 is 11.1 Å². The van der Waals surface area contributed by atoms with E-state index < -0.39 is 0 Å². The molecule has 0 bridgehead atoms. The molecule has 2 nitrogen and oxygen atoms in total. The Hall–Kier alpha value is -1.09. The second-order valence-electron chi connectivity index (χ2n) is 4.70. The van der Waals surface area contributed by atoms with Gasteiger partial charge in [-0.25, -0.2) is 4.39 Å². The summed E-state index contributed by atoms with van der Waals surface area (Å²) in [6.07, 6.45) is 4.25. The summed E-state index contributed by atoms with van der Waals surface area (Å²) in [6, 6.07) is 5.74. The van der Waals surface area contributed by atoms with Crippen molar-refractivity contribution in [2.75, 3.05) is 5.32 Å². The average molecular weight is 222 g/mol. The number of anilines is 1. The van der Waals surface area contributed by atoms with Gasteiger partial charge in [-0.15, -0.1) is 0 Å². The van der Waals surface area contributed by atoms with Crippen molar-refractivity contribution in [1.29, 1.82) is 0 Å². The van der Waals surface area contributed by atoms with Gasteiger partial charge in [-0.1, -0.05) is 12.1 Å². The largest absolute Gasteiger partial charge is 0.380 e. The first kappa shape index (κ1) is 11.4. The first-order valence-corrected chi connectivity index (χ1v) is 5.94. The SMILES string of the molecule is Cc1cccc(F)c1NC1CCCC(N)C1. The molecule has 0 saturated heterocycles. The summed E-state index contributed by atoms with van der Waals surface area (Å²) in [5.74, 6) is -0.167. The Morgan fingerprint density at radius 3 is 2.88 bits per heavy atom. The zero-order valence-electron chi connectivity index (χ0n) is 9.67. The van der Waals surface area contributed by atoms with Crippen LogP contribution in [0.4, 0.5) is 10.1 Å². The highest BCUT2D eigenvalue weighted by molar-refractivity contribution is 5.52. The summed E-state index contributed by atoms with van der Waals surface area (Å²) in [6.45, 7) is 1.92. The third kappa shape index (κ3) is 2.53. The van der Waals surface area contributed by atoms with Crippen LogP contribution in [0.5, 0.6) is 0 Å². The summed E-state index contributed by atoms with van der Waals surface area (Å²) in [5.41, 5.74) is 7.52. The maximum atomic E-state index is 13.6. The zero-order chi connectivity index (χ0) is 11.5. The number of rotatable bonds is 2. The quantitative estimate of drug-likeness (QED) is 0.807. The van der Waals surface area contributed by atoms with Gasteiger partial charge in [-0.2, -0.15) is 0 Å². The Kier molecular flexibility index (Phi) is 3.44. The van der Waals surface area contributed by atoms with Crippen LogP contribution in [0, 0.1) is 12.7 Å². The van der Waals surface area contributed by atoms with Crippen molar-refractivity contribution in [3.05, 3.63) is 29.6 Å². The summed E-state index contributed by atoms with van der Waals surface area (Å²) in [7, 11) is 0. The molecule has 0 amide bonds. The zero-order valence-corrected chi connectivity index (χ0v) is 9.67. The summed E-state index contributed by atoms with van der Waals surface area (Å²) >= 11 is 0. The van der Waals surface area contributed by atoms with Gasteiger partial charge in [0.2, 0.25) is 0 Å². The molecule has 2 rings (SSSR count). The number of nitrogens with two attached hydrogens (primary N) is 1. The molecule has 2 unspecified atom stereocenters. The molecule has 88 valence electrons. The van der Waals surface area contributed by atoms with Crippen LogP contribution >= 0.6 is 0 Å². The monoisotopic (exact) mass is 222 g/mol. The van der Waals surface area contributed by atoms with Gasteiger partial charge >= 0.3 is 0 Å². The minimum atomic E-state index is -0.167. The molecule has 1 fully saturated rings. The maximum Gasteiger partial charge on any atom is 0.146 e. The Morgan fingerprint density at radius 2 is 2.19 bits per heavy atom. The van der Waals surface area contributed by atoms with Gasteiger partial charge in [0.15, 0.2) is 0 Å². The van der Waals surface area contributed by atoms with E-state index >= 15 is 0 Å². The fourth-order valence-electron chi connectivity index (χ4n) is 2.38. The van der Waals surface area contributed by atoms with Crippen LogP contribution in [0.25, 0.3) is 0 Å². The summed E-state index contributed by atoms with van der Waals surface area (Å²) < 4.78 is 13.6. The first-order chi connectivity index (χ1) is 7.66. The molecule has 0 radical (unpaired) electrons. The topological polar surface area (TPSA) is 38.0 Å². The summed E-state index contributed by atoms with van der Waals surface area (Å²) in [5, 5.41) is 3.29. The van der Waals surface area contributed by atoms with Gasteiger partial charge in [0.25, 0.3) is 0 Å². The van der Waals surface area contributed by atoms with Gasteiger partial charge in [0.05, 0.1) is 5.69 Å². The van der Waals surface area contributed by atoms with E-state index in [9.17, 15) is 4.39 Å². The van der Waals surface area contributed by atoms with Crippen LogP contribution in [0.2, 0.25) is 0 Å². The predicted molar refractivity (Wildman–Crippen MR) is 65.0 cm³/mol. The molecular formula is C13H19FN2. The minimum absolute atomic E-state index is 0.167. The van der Waals surface area contributed by atoms with Crippen molar-refractivity contribution in [3.63, 3.8) is 0 Å². The fourth-order valence-corrected chi connectivity index (χ4v) is 2.38. The van der Waals surface area contributed by atoms with E-state index in [4.69, 9.17) is 5.73 Å². The van der Waals surface area contributed by atoms with Crippen molar-refractivity contribution in [2.45, 2.75) is 44.7 Å². The molecule has 1 saturated carbocycles. The molecule has 0 aromatic heterocycles. The molecule has 2 atom stereocenters. The lowest BCUT2D eigenvalue weighted by Gasteiger charge is -2.28. The lowest BCUT2D eigenvalue weighted by Crippen LogP contribution is -2.35. The van der Waals surface area contributed by atoms with Gasteiger partial charge in [-0.05, 0) is 44.2 Å². The van der Waals surface area contributed by atoms with Crippen LogP contribution in [-0.4, -0.2) is 12.1 Å². The molecule has 3 heteroatoms. The lowest BCUT2D eigenvalue weighted by molar-refractivity contribution is 0.408. The van der Waals surface area contributed by atoms with Crippen molar-refractivity contribution >= 4 is 5.69 Å². The van der Waals surface area contributed by atoms with E-state index in [1.54, 1.807) is 6.07 Å². The number of hydrogen-bond acceptors (Lipinski definition) is 2. The molecule has 0 aliphatic heterocycles. The number of para-hydroxylation sites is 1. The smallest absolute Gasteiger partial charge is 0.146 e. The Labute approximate surface area is 96.0 Å². The standard InChI is InChI=1S/C13H19FN2/c1-9-4-2-7-12(14)13(9)16-11-6-3-5-10(15)8-11/h2,4,7,10-11,16H,3,5-6,8,15H2,1H3. The molecule has 3 N–H and O–H groups in total. The highest BCUT2D eigenvalue weighted by atomic mass is 19.1. The lowest BCUT2D eigenvalue weighted by atomic mass is 9.91. The molecule has 1 aromatic rings. The Morgan fingerprint density at radius 1 is 1.38 bits per heavy atom. The molecular weight excluding hydrogens is 203 g/mol. The van der Waals surface area contributed by atoms with E-state index in [0.29, 0.717) is 11.7 Å². The maximum absolute atomic E-state index is 13.6. The molecule has 0 heterocycles. The fraction of sp³-hybridized carbons (Fsp3) is 0.538. The molecule has 1 aliphatic rings. The number of halogens is 1. The molecule has 0 spiro atoms. The van der Waals surface area contributed by atoms with Crippen LogP contribution in [0.15, 0.2) is 18.2 Å². The first-order valence-electron chi connectivity index (χ1n) is 5.94. The minimum Gasteiger partial charge on any atom is -0.380 e. The number of benzene rings is 1. The van der Waals surface area contributed by atoms with Crippen LogP contribution < -0.4 is 11.1 Å². The number of hydrogen-bond donors (Lipinski definition) is 2. The van der Waals surface area contributed by atoms with E-state index in [0.717, 1.165) is 31.2 Å². The number of aryl methyl sites for hydroxylation is 1. The third-order valence-corrected chi connectivity index (χ3v) is 3.29. The Balaban J connectivity index is 2.08. The van der Waals surface area contributed by atoms with Crippen LogP contribution in [-0.2, 0) is 0 Å². The highest BCUT2D eigenvalue weighted by Gasteiger charge is 2.20. The van der Waals surface area contributed by atoms with E-state index in [2.05, 4.69) is 5.32 Å². The highest BCUT2D eigenvalue weighted by Crippen LogP contribution is 2.25. The summed E-state index contributed by atoms with van der Waals surface area (Å²) in [4.78, 5) is 0. The normalized spacial score (nSPS) is 25.4. The molecule has 16 heavy (non-hydrogen) atoms. The molecule has 1 aliphatic carbocycles. The second kappa shape index (κ2) is 4.83. The van der Waals surface area contributed by atoms with Crippen molar-refractivity contribution in [2.24, 2.45) is 5.73 Å². The van der Waals surface area contributed by atoms with Crippen LogP contribution in [0.3, 0.4) is 0 Å². The van der Waals surface area contributed by atoms with Gasteiger partial charge in [0.1, 0.15) is 5.82 Å². The van der Waals surface area contributed by atoms with Gasteiger partial charge in [-0.3, -0.25) is 0 Å². The van der Waals surface area contributed by atoms with E-state index in [1.165, 1.54) is 6.07 Å². The third-order valence-electron chi connectivity index (χ3n) is 3.29. The van der Waals surface area contributed by atoms with Crippen LogP contribution in [0.1, 0.15) is 31.2 Å². The van der Waals surface area contributed by atoms with Crippen molar-refractivity contribution in [3.8, 4) is 0 Å². The molecule has 1 aromatic carbocycles. The second-order valence-corrected chi connectivity index (χ2v) is 4.70. The number of nitrogens with one attached hydrogen (secondary N) is 1. The Bertz CT molecular complexity index is 345. The van der Waals surface area contributed by atoms with Crippen molar-refractivity contribution in [1.82, 2.24) is 0 Å². The average Bonchev–Trinajstić information content (AvgIpc) is 2.24. The van der Waals surface area contributed by atoms with E-state index in [-0.39, 0.29) is 11.9 Å².